The lowest BCUT2D eigenvalue weighted by Gasteiger charge is -1.98. The van der Waals surface area contributed by atoms with E-state index in [0.717, 1.165) is 0 Å². The first-order chi connectivity index (χ1) is 7.70. The van der Waals surface area contributed by atoms with Crippen LogP contribution in [0.25, 0.3) is 11.1 Å². The monoisotopic (exact) mass is 345 g/mol. The summed E-state index contributed by atoms with van der Waals surface area (Å²) in [4.78, 5) is 8.36. The zero-order chi connectivity index (χ0) is 11.8. The molecule has 2 rings (SSSR count). The van der Waals surface area contributed by atoms with Crippen molar-refractivity contribution in [2.24, 2.45) is 0 Å². The third kappa shape index (κ3) is 6.52. The van der Waals surface area contributed by atoms with Gasteiger partial charge in [-0.2, -0.15) is 0 Å². The molecule has 2 aromatic carbocycles. The maximum Gasteiger partial charge on any atom is 0.291 e. The molecule has 90 valence electrons. The minimum Gasteiger partial charge on any atom is -0.328 e. The van der Waals surface area contributed by atoms with Gasteiger partial charge in [-0.15, -0.1) is 34.1 Å². The maximum atomic E-state index is 8.36. The summed E-state index contributed by atoms with van der Waals surface area (Å²) in [6.45, 7) is 0. The quantitative estimate of drug-likeness (QED) is 0.488. The first kappa shape index (κ1) is 15.4. The minimum absolute atomic E-state index is 0. The number of benzene rings is 2. The van der Waals surface area contributed by atoms with Crippen LogP contribution in [0.4, 0.5) is 0 Å². The summed E-state index contributed by atoms with van der Waals surface area (Å²) in [7, 11) is 0. The van der Waals surface area contributed by atoms with Gasteiger partial charge in [0.1, 0.15) is 0 Å². The van der Waals surface area contributed by atoms with E-state index >= 15 is 0 Å². The predicted molar refractivity (Wildman–Crippen MR) is 76.1 cm³/mol. The average molecular weight is 345 g/mol. The van der Waals surface area contributed by atoms with Crippen molar-refractivity contribution in [1.82, 2.24) is 0 Å². The fraction of sp³-hybridized carbons (Fsp3) is 0. The Kier molecular flexibility index (Phi) is 7.70. The van der Waals surface area contributed by atoms with Crippen LogP contribution in [-0.4, -0.2) is 10.3 Å². The Morgan fingerprint density at radius 2 is 1.06 bits per heavy atom. The van der Waals surface area contributed by atoms with Gasteiger partial charge in [-0.25, -0.2) is 0 Å². The van der Waals surface area contributed by atoms with Gasteiger partial charge >= 0.3 is 0 Å². The second-order valence-corrected chi connectivity index (χ2v) is 2.97. The Morgan fingerprint density at radius 1 is 0.824 bits per heavy atom. The number of halogens is 1. The summed E-state index contributed by atoms with van der Waals surface area (Å²) in [5, 5.41) is 13.6. The molecule has 0 fully saturated rings. The van der Waals surface area contributed by atoms with Gasteiger partial charge in [-0.1, -0.05) is 60.7 Å². The fourth-order valence-electron chi connectivity index (χ4n) is 1.26. The highest BCUT2D eigenvalue weighted by atomic mass is 127. The highest BCUT2D eigenvalue weighted by molar-refractivity contribution is 14.0. The zero-order valence-electron chi connectivity index (χ0n) is 8.89. The van der Waals surface area contributed by atoms with E-state index < -0.39 is 5.09 Å². The van der Waals surface area contributed by atoms with Crippen LogP contribution in [-0.2, 0) is 0 Å². The Morgan fingerprint density at radius 3 is 1.29 bits per heavy atom. The summed E-state index contributed by atoms with van der Waals surface area (Å²) in [6, 6.07) is 20.8. The molecule has 0 aliphatic rings. The summed E-state index contributed by atoms with van der Waals surface area (Å²) in [5.41, 5.74) is 2.55. The number of nitrogens with zero attached hydrogens (tertiary/aromatic N) is 1. The van der Waals surface area contributed by atoms with Gasteiger partial charge in [-0.05, 0) is 11.1 Å². The molecule has 4 nitrogen and oxygen atoms in total. The first-order valence-electron chi connectivity index (χ1n) is 4.64. The van der Waals surface area contributed by atoms with E-state index in [-0.39, 0.29) is 24.0 Å². The molecular weight excluding hydrogens is 333 g/mol. The van der Waals surface area contributed by atoms with E-state index in [1.807, 2.05) is 12.1 Å². The number of rotatable bonds is 1. The van der Waals surface area contributed by atoms with Crippen LogP contribution >= 0.6 is 24.0 Å². The highest BCUT2D eigenvalue weighted by Crippen LogP contribution is 2.17. The first-order valence-corrected chi connectivity index (χ1v) is 4.64. The topological polar surface area (TPSA) is 63.4 Å². The zero-order valence-corrected chi connectivity index (χ0v) is 11.2. The van der Waals surface area contributed by atoms with Crippen LogP contribution in [0.2, 0.25) is 0 Å². The van der Waals surface area contributed by atoms with Gasteiger partial charge in [0.2, 0.25) is 0 Å². The SMILES string of the molecule is I.O=[N+]([O-])O.c1ccc(-c2ccccc2)cc1. The molecule has 0 heterocycles. The van der Waals surface area contributed by atoms with Crippen molar-refractivity contribution in [3.8, 4) is 11.1 Å². The molecule has 0 aliphatic heterocycles. The normalized spacial score (nSPS) is 8.24. The molecule has 0 saturated heterocycles. The Balaban J connectivity index is 0.000000453. The average Bonchev–Trinajstić information content (AvgIpc) is 2.31. The van der Waals surface area contributed by atoms with Gasteiger partial charge in [0.05, 0.1) is 0 Å². The van der Waals surface area contributed by atoms with Crippen LogP contribution in [0.15, 0.2) is 60.7 Å². The van der Waals surface area contributed by atoms with Crippen LogP contribution < -0.4 is 0 Å². The molecule has 0 bridgehead atoms. The van der Waals surface area contributed by atoms with Crippen molar-refractivity contribution >= 4 is 24.0 Å². The molecule has 0 unspecified atom stereocenters. The molecular formula is C12H12INO3. The highest BCUT2D eigenvalue weighted by Gasteiger charge is 1.91. The fourth-order valence-corrected chi connectivity index (χ4v) is 1.26. The number of hydrogen-bond acceptors (Lipinski definition) is 2. The van der Waals surface area contributed by atoms with Gasteiger partial charge < -0.3 is 5.21 Å². The molecule has 0 amide bonds. The number of hydrogen-bond donors (Lipinski definition) is 1. The van der Waals surface area contributed by atoms with Crippen LogP contribution in [0.3, 0.4) is 0 Å². The molecule has 0 aromatic heterocycles. The minimum atomic E-state index is -1.50. The molecule has 1 N–H and O–H groups in total. The Bertz CT molecular complexity index is 393. The van der Waals surface area contributed by atoms with E-state index in [1.165, 1.54) is 11.1 Å². The summed E-state index contributed by atoms with van der Waals surface area (Å²) < 4.78 is 0. The van der Waals surface area contributed by atoms with Crippen molar-refractivity contribution in [3.63, 3.8) is 0 Å². The van der Waals surface area contributed by atoms with E-state index in [2.05, 4.69) is 48.5 Å². The lowest BCUT2D eigenvalue weighted by molar-refractivity contribution is -0.742. The molecule has 2 aromatic rings. The molecule has 0 atom stereocenters. The molecule has 0 saturated carbocycles. The third-order valence-corrected chi connectivity index (χ3v) is 1.88. The Hall–Kier alpha value is -1.63. The van der Waals surface area contributed by atoms with Crippen LogP contribution in [0, 0.1) is 10.1 Å². The van der Waals surface area contributed by atoms with Crippen LogP contribution in [0.1, 0.15) is 0 Å². The van der Waals surface area contributed by atoms with Gasteiger partial charge in [0, 0.05) is 0 Å². The molecule has 17 heavy (non-hydrogen) atoms. The van der Waals surface area contributed by atoms with Crippen molar-refractivity contribution in [1.29, 1.82) is 0 Å². The van der Waals surface area contributed by atoms with E-state index in [1.54, 1.807) is 0 Å². The second kappa shape index (κ2) is 8.51. The maximum absolute atomic E-state index is 8.36. The van der Waals surface area contributed by atoms with Crippen molar-refractivity contribution in [3.05, 3.63) is 70.8 Å². The summed E-state index contributed by atoms with van der Waals surface area (Å²) in [6.07, 6.45) is 0. The smallest absolute Gasteiger partial charge is 0.291 e. The lowest BCUT2D eigenvalue weighted by atomic mass is 10.1. The van der Waals surface area contributed by atoms with Crippen molar-refractivity contribution in [2.75, 3.05) is 0 Å². The second-order valence-electron chi connectivity index (χ2n) is 2.97. The van der Waals surface area contributed by atoms with Crippen molar-refractivity contribution < 1.29 is 10.3 Å². The van der Waals surface area contributed by atoms with E-state index in [4.69, 9.17) is 15.3 Å². The summed E-state index contributed by atoms with van der Waals surface area (Å²) in [5.74, 6) is 0. The van der Waals surface area contributed by atoms with E-state index in [0.29, 0.717) is 0 Å². The van der Waals surface area contributed by atoms with E-state index in [9.17, 15) is 0 Å². The predicted octanol–water partition coefficient (Wildman–Crippen LogP) is 3.62. The molecule has 0 aliphatic carbocycles. The Labute approximate surface area is 116 Å². The van der Waals surface area contributed by atoms with Gasteiger partial charge in [0.15, 0.2) is 0 Å². The lowest BCUT2D eigenvalue weighted by Crippen LogP contribution is -1.81. The van der Waals surface area contributed by atoms with Crippen LogP contribution in [0.5, 0.6) is 0 Å². The summed E-state index contributed by atoms with van der Waals surface area (Å²) >= 11 is 0. The molecule has 0 radical (unpaired) electrons. The largest absolute Gasteiger partial charge is 0.328 e. The van der Waals surface area contributed by atoms with Crippen molar-refractivity contribution in [2.45, 2.75) is 0 Å². The standard InChI is InChI=1S/C12H10.HI.HNO3/c1-3-7-11(8-4-1)12-9-5-2-6-10-12;;2-1(3)4/h1-10H;1H;(H,2,3,4). The van der Waals surface area contributed by atoms with Gasteiger partial charge in [-0.3, -0.25) is 0 Å². The third-order valence-electron chi connectivity index (χ3n) is 1.88. The van der Waals surface area contributed by atoms with Gasteiger partial charge in [0.25, 0.3) is 5.09 Å². The molecule has 5 heteroatoms. The molecule has 0 spiro atoms.